The maximum atomic E-state index is 11.4. The molecular weight excluding hydrogens is 222 g/mol. The molecule has 0 amide bonds. The molecule has 0 saturated heterocycles. The maximum absolute atomic E-state index is 11.4. The SMILES string of the molecule is CS(=O)(=O)c1c[nH]c2c(Cl)cccc12. The first-order chi connectivity index (χ1) is 6.50. The normalized spacial score (nSPS) is 12.1. The first-order valence-electron chi connectivity index (χ1n) is 3.96. The predicted octanol–water partition coefficient (Wildman–Crippen LogP) is 2.22. The fourth-order valence-corrected chi connectivity index (χ4v) is 2.47. The number of fused-ring (bicyclic) bond motifs is 1. The average Bonchev–Trinajstić information content (AvgIpc) is 2.47. The van der Waals surface area contributed by atoms with Gasteiger partial charge in [0.05, 0.1) is 15.4 Å². The fraction of sp³-hybridized carbons (Fsp3) is 0.111. The van der Waals surface area contributed by atoms with Crippen LogP contribution in [0.25, 0.3) is 10.9 Å². The number of aromatic nitrogens is 1. The zero-order valence-corrected chi connectivity index (χ0v) is 8.98. The summed E-state index contributed by atoms with van der Waals surface area (Å²) >= 11 is 5.89. The van der Waals surface area contributed by atoms with Crippen molar-refractivity contribution in [2.75, 3.05) is 6.26 Å². The lowest BCUT2D eigenvalue weighted by atomic mass is 10.2. The van der Waals surface area contributed by atoms with Gasteiger partial charge in [-0.05, 0) is 6.07 Å². The van der Waals surface area contributed by atoms with Gasteiger partial charge in [0.2, 0.25) is 0 Å². The van der Waals surface area contributed by atoms with Gasteiger partial charge in [-0.15, -0.1) is 0 Å². The highest BCUT2D eigenvalue weighted by Gasteiger charge is 2.14. The summed E-state index contributed by atoms with van der Waals surface area (Å²) in [5.41, 5.74) is 0.662. The third-order valence-electron chi connectivity index (χ3n) is 2.03. The van der Waals surface area contributed by atoms with E-state index in [0.717, 1.165) is 0 Å². The molecule has 2 aromatic rings. The van der Waals surface area contributed by atoms with Crippen LogP contribution in [0.2, 0.25) is 5.02 Å². The molecule has 14 heavy (non-hydrogen) atoms. The third-order valence-corrected chi connectivity index (χ3v) is 3.48. The molecule has 2 rings (SSSR count). The molecule has 74 valence electrons. The molecule has 0 aliphatic rings. The Morgan fingerprint density at radius 2 is 2.07 bits per heavy atom. The van der Waals surface area contributed by atoms with Crippen molar-refractivity contribution in [3.8, 4) is 0 Å². The molecule has 0 bridgehead atoms. The summed E-state index contributed by atoms with van der Waals surface area (Å²) < 4.78 is 22.7. The highest BCUT2D eigenvalue weighted by atomic mass is 35.5. The number of halogens is 1. The van der Waals surface area contributed by atoms with Gasteiger partial charge >= 0.3 is 0 Å². The molecule has 0 aliphatic carbocycles. The Kier molecular flexibility index (Phi) is 2.05. The number of benzene rings is 1. The molecule has 0 radical (unpaired) electrons. The summed E-state index contributed by atoms with van der Waals surface area (Å²) in [5.74, 6) is 0. The number of sulfone groups is 1. The lowest BCUT2D eigenvalue weighted by Crippen LogP contribution is -1.94. The summed E-state index contributed by atoms with van der Waals surface area (Å²) in [6.45, 7) is 0. The Bertz CT molecular complexity index is 586. The van der Waals surface area contributed by atoms with E-state index in [0.29, 0.717) is 15.9 Å². The van der Waals surface area contributed by atoms with E-state index in [2.05, 4.69) is 4.98 Å². The molecule has 3 nitrogen and oxygen atoms in total. The molecular formula is C9H8ClNO2S. The van der Waals surface area contributed by atoms with Crippen molar-refractivity contribution in [1.82, 2.24) is 4.98 Å². The van der Waals surface area contributed by atoms with Crippen molar-refractivity contribution in [1.29, 1.82) is 0 Å². The van der Waals surface area contributed by atoms with Crippen LogP contribution >= 0.6 is 11.6 Å². The topological polar surface area (TPSA) is 49.9 Å². The quantitative estimate of drug-likeness (QED) is 0.815. The lowest BCUT2D eigenvalue weighted by Gasteiger charge is -1.95. The number of nitrogens with one attached hydrogen (secondary N) is 1. The minimum atomic E-state index is -3.19. The first kappa shape index (κ1) is 9.55. The highest BCUT2D eigenvalue weighted by Crippen LogP contribution is 2.27. The van der Waals surface area contributed by atoms with Gasteiger partial charge in [-0.2, -0.15) is 0 Å². The Hall–Kier alpha value is -1.00. The first-order valence-corrected chi connectivity index (χ1v) is 6.23. The van der Waals surface area contributed by atoms with Gasteiger partial charge in [0, 0.05) is 17.8 Å². The Balaban J connectivity index is 2.90. The van der Waals surface area contributed by atoms with Crippen molar-refractivity contribution in [3.63, 3.8) is 0 Å². The summed E-state index contributed by atoms with van der Waals surface area (Å²) in [6, 6.07) is 5.17. The van der Waals surface area contributed by atoms with Gasteiger partial charge in [-0.1, -0.05) is 23.7 Å². The van der Waals surface area contributed by atoms with Crippen molar-refractivity contribution >= 4 is 32.3 Å². The molecule has 1 aromatic carbocycles. The maximum Gasteiger partial charge on any atom is 0.177 e. The minimum Gasteiger partial charge on any atom is -0.359 e. The van der Waals surface area contributed by atoms with Crippen LogP contribution in [0, 0.1) is 0 Å². The molecule has 0 atom stereocenters. The van der Waals surface area contributed by atoms with Crippen LogP contribution in [0.4, 0.5) is 0 Å². The number of hydrogen-bond acceptors (Lipinski definition) is 2. The zero-order chi connectivity index (χ0) is 10.3. The molecule has 1 heterocycles. The minimum absolute atomic E-state index is 0.287. The third kappa shape index (κ3) is 1.40. The van der Waals surface area contributed by atoms with E-state index in [1.807, 2.05) is 0 Å². The molecule has 5 heteroatoms. The van der Waals surface area contributed by atoms with Crippen LogP contribution < -0.4 is 0 Å². The number of hydrogen-bond donors (Lipinski definition) is 1. The summed E-state index contributed by atoms with van der Waals surface area (Å²) in [6.07, 6.45) is 2.64. The number of rotatable bonds is 1. The molecule has 1 aromatic heterocycles. The van der Waals surface area contributed by atoms with Crippen molar-refractivity contribution in [3.05, 3.63) is 29.4 Å². The lowest BCUT2D eigenvalue weighted by molar-refractivity contribution is 0.602. The summed E-state index contributed by atoms with van der Waals surface area (Å²) in [4.78, 5) is 3.14. The molecule has 0 aliphatic heterocycles. The Morgan fingerprint density at radius 1 is 1.36 bits per heavy atom. The molecule has 0 saturated carbocycles. The van der Waals surface area contributed by atoms with Crippen molar-refractivity contribution in [2.45, 2.75) is 4.90 Å². The highest BCUT2D eigenvalue weighted by molar-refractivity contribution is 7.91. The summed E-state index contributed by atoms with van der Waals surface area (Å²) in [5, 5.41) is 1.16. The fourth-order valence-electron chi connectivity index (χ4n) is 1.40. The molecule has 1 N–H and O–H groups in total. The van der Waals surface area contributed by atoms with Crippen LogP contribution in [0.5, 0.6) is 0 Å². The zero-order valence-electron chi connectivity index (χ0n) is 7.41. The van der Waals surface area contributed by atoms with Crippen LogP contribution in [0.3, 0.4) is 0 Å². The van der Waals surface area contributed by atoms with Gasteiger partial charge in [-0.3, -0.25) is 0 Å². The van der Waals surface area contributed by atoms with Gasteiger partial charge in [-0.25, -0.2) is 8.42 Å². The number of aromatic amines is 1. The van der Waals surface area contributed by atoms with E-state index >= 15 is 0 Å². The van der Waals surface area contributed by atoms with Crippen LogP contribution in [0.15, 0.2) is 29.3 Å². The Morgan fingerprint density at radius 3 is 2.71 bits per heavy atom. The van der Waals surface area contributed by atoms with E-state index in [1.54, 1.807) is 18.2 Å². The molecule has 0 spiro atoms. The molecule has 0 unspecified atom stereocenters. The second-order valence-electron chi connectivity index (χ2n) is 3.09. The van der Waals surface area contributed by atoms with Gasteiger partial charge in [0.1, 0.15) is 0 Å². The van der Waals surface area contributed by atoms with Crippen molar-refractivity contribution < 1.29 is 8.42 Å². The standard InChI is InChI=1S/C9H8ClNO2S/c1-14(12,13)8-5-11-9-6(8)3-2-4-7(9)10/h2-5,11H,1H3. The monoisotopic (exact) mass is 229 g/mol. The largest absolute Gasteiger partial charge is 0.359 e. The van der Waals surface area contributed by atoms with Crippen LogP contribution in [-0.2, 0) is 9.84 Å². The predicted molar refractivity (Wildman–Crippen MR) is 56.4 cm³/mol. The van der Waals surface area contributed by atoms with Gasteiger partial charge in [0.25, 0.3) is 0 Å². The summed E-state index contributed by atoms with van der Waals surface area (Å²) in [7, 11) is -3.19. The second kappa shape index (κ2) is 3.00. The van der Waals surface area contributed by atoms with Gasteiger partial charge < -0.3 is 4.98 Å². The average molecular weight is 230 g/mol. The van der Waals surface area contributed by atoms with E-state index in [-0.39, 0.29) is 4.90 Å². The van der Waals surface area contributed by atoms with Crippen LogP contribution in [-0.4, -0.2) is 19.7 Å². The smallest absolute Gasteiger partial charge is 0.177 e. The molecule has 0 fully saturated rings. The van der Waals surface area contributed by atoms with Crippen LogP contribution in [0.1, 0.15) is 0 Å². The van der Waals surface area contributed by atoms with E-state index < -0.39 is 9.84 Å². The van der Waals surface area contributed by atoms with Gasteiger partial charge in [0.15, 0.2) is 9.84 Å². The van der Waals surface area contributed by atoms with E-state index in [9.17, 15) is 8.42 Å². The number of para-hydroxylation sites is 1. The van der Waals surface area contributed by atoms with E-state index in [1.165, 1.54) is 12.5 Å². The van der Waals surface area contributed by atoms with E-state index in [4.69, 9.17) is 11.6 Å². The number of H-pyrrole nitrogens is 1. The van der Waals surface area contributed by atoms with Crippen molar-refractivity contribution in [2.24, 2.45) is 0 Å². The second-order valence-corrected chi connectivity index (χ2v) is 5.48. The Labute approximate surface area is 86.6 Å².